The second-order valence-corrected chi connectivity index (χ2v) is 10.1. The van der Waals surface area contributed by atoms with E-state index in [0.717, 1.165) is 59.6 Å². The maximum Gasteiger partial charge on any atom is 0.221 e. The van der Waals surface area contributed by atoms with E-state index < -0.39 is 0 Å². The molecule has 1 fully saturated rings. The molecule has 0 atom stereocenters. The summed E-state index contributed by atoms with van der Waals surface area (Å²) in [5.74, 6) is 0.695. The molecule has 0 aliphatic carbocycles. The van der Waals surface area contributed by atoms with E-state index in [2.05, 4.69) is 39.7 Å². The van der Waals surface area contributed by atoms with E-state index in [1.807, 2.05) is 60.7 Å². The molecule has 0 radical (unpaired) electrons. The number of benzene rings is 3. The molecule has 39 heavy (non-hydrogen) atoms. The van der Waals surface area contributed by atoms with E-state index in [-0.39, 0.29) is 24.2 Å². The van der Waals surface area contributed by atoms with Crippen molar-refractivity contribution in [3.8, 4) is 16.9 Å². The van der Waals surface area contributed by atoms with Gasteiger partial charge in [-0.25, -0.2) is 4.68 Å². The summed E-state index contributed by atoms with van der Waals surface area (Å²) >= 11 is 0. The van der Waals surface area contributed by atoms with Crippen molar-refractivity contribution in [3.63, 3.8) is 0 Å². The first-order valence-corrected chi connectivity index (χ1v) is 13.3. The average molecular weight is 524 g/mol. The fourth-order valence-corrected chi connectivity index (χ4v) is 4.75. The smallest absolute Gasteiger partial charge is 0.221 e. The van der Waals surface area contributed by atoms with Crippen molar-refractivity contribution in [3.05, 3.63) is 95.8 Å². The second-order valence-electron chi connectivity index (χ2n) is 10.1. The molecule has 2 heterocycles. The van der Waals surface area contributed by atoms with Crippen molar-refractivity contribution in [2.24, 2.45) is 0 Å². The van der Waals surface area contributed by atoms with Crippen LogP contribution in [0.5, 0.6) is 5.75 Å². The van der Waals surface area contributed by atoms with E-state index in [4.69, 9.17) is 4.74 Å². The number of rotatable bonds is 9. The molecule has 0 unspecified atom stereocenters. The number of carbonyl (C=O) groups excluding carboxylic acids is 2. The molecule has 4 aromatic rings. The van der Waals surface area contributed by atoms with Gasteiger partial charge in [-0.05, 0) is 66.4 Å². The number of ether oxygens (including phenoxy) is 1. The molecule has 3 aromatic carbocycles. The first-order valence-electron chi connectivity index (χ1n) is 13.3. The van der Waals surface area contributed by atoms with Crippen molar-refractivity contribution in [1.82, 2.24) is 19.9 Å². The number of hydrogen-bond donors (Lipinski definition) is 1. The van der Waals surface area contributed by atoms with Crippen LogP contribution in [-0.4, -0.2) is 57.8 Å². The number of Topliss-reactive ketones (excluding diaryl/α,β-unsaturated/α-hetero) is 1. The zero-order chi connectivity index (χ0) is 27.2. The van der Waals surface area contributed by atoms with Gasteiger partial charge >= 0.3 is 0 Å². The van der Waals surface area contributed by atoms with E-state index in [0.29, 0.717) is 12.2 Å². The third-order valence-corrected chi connectivity index (χ3v) is 6.89. The Kier molecular flexibility index (Phi) is 8.13. The standard InChI is InChI=1S/C31H33N5O3/c1-22(37)32-27-5-3-4-24(18-27)20-36-21-30(33-34-36)31(38)19-23-6-8-25(9-7-23)26-10-12-28(13-11-26)39-29-14-16-35(2)17-15-29/h3-13,18,21,29H,14-17,19-20H2,1-2H3,(H,32,37). The molecular formula is C31H33N5O3. The van der Waals surface area contributed by atoms with Crippen molar-refractivity contribution in [2.45, 2.75) is 38.8 Å². The Bertz CT molecular complexity index is 1420. The largest absolute Gasteiger partial charge is 0.490 e. The number of piperidine rings is 1. The molecule has 1 N–H and O–H groups in total. The van der Waals surface area contributed by atoms with Gasteiger partial charge in [-0.15, -0.1) is 5.10 Å². The third kappa shape index (κ3) is 7.18. The van der Waals surface area contributed by atoms with Crippen LogP contribution in [0.25, 0.3) is 11.1 Å². The predicted molar refractivity (Wildman–Crippen MR) is 151 cm³/mol. The van der Waals surface area contributed by atoms with Gasteiger partial charge in [0.1, 0.15) is 17.5 Å². The number of carbonyl (C=O) groups is 2. The van der Waals surface area contributed by atoms with E-state index in [1.165, 1.54) is 6.92 Å². The highest BCUT2D eigenvalue weighted by Gasteiger charge is 2.18. The van der Waals surface area contributed by atoms with Gasteiger partial charge in [-0.1, -0.05) is 53.7 Å². The number of nitrogens with one attached hydrogen (secondary N) is 1. The van der Waals surface area contributed by atoms with Crippen molar-refractivity contribution < 1.29 is 14.3 Å². The number of hydrogen-bond acceptors (Lipinski definition) is 6. The van der Waals surface area contributed by atoms with Crippen LogP contribution in [0.15, 0.2) is 79.0 Å². The Morgan fingerprint density at radius 2 is 1.64 bits per heavy atom. The van der Waals surface area contributed by atoms with Crippen LogP contribution in [0.4, 0.5) is 5.69 Å². The molecule has 1 aliphatic rings. The molecule has 8 heteroatoms. The van der Waals surface area contributed by atoms with Gasteiger partial charge in [-0.3, -0.25) is 9.59 Å². The Hall–Kier alpha value is -4.30. The summed E-state index contributed by atoms with van der Waals surface area (Å²) in [5.41, 5.74) is 5.11. The molecule has 1 amide bonds. The SMILES string of the molecule is CC(=O)Nc1cccc(Cn2cc(C(=O)Cc3ccc(-c4ccc(OC5CCN(C)CC5)cc4)cc3)nn2)c1. The summed E-state index contributed by atoms with van der Waals surface area (Å²) < 4.78 is 7.79. The summed E-state index contributed by atoms with van der Waals surface area (Å²) in [6, 6.07) is 23.8. The van der Waals surface area contributed by atoms with Crippen molar-refractivity contribution in [2.75, 3.05) is 25.5 Å². The van der Waals surface area contributed by atoms with Crippen LogP contribution in [0.2, 0.25) is 0 Å². The lowest BCUT2D eigenvalue weighted by molar-refractivity contribution is -0.114. The van der Waals surface area contributed by atoms with Gasteiger partial charge in [0.2, 0.25) is 5.91 Å². The first kappa shape index (κ1) is 26.3. The molecule has 1 saturated heterocycles. The highest BCUT2D eigenvalue weighted by Crippen LogP contribution is 2.25. The number of likely N-dealkylation sites (tertiary alicyclic amines) is 1. The second kappa shape index (κ2) is 12.0. The highest BCUT2D eigenvalue weighted by molar-refractivity contribution is 5.95. The number of amides is 1. The van der Waals surface area contributed by atoms with E-state index in [9.17, 15) is 9.59 Å². The van der Waals surface area contributed by atoms with Crippen LogP contribution in [-0.2, 0) is 17.8 Å². The lowest BCUT2D eigenvalue weighted by Gasteiger charge is -2.29. The van der Waals surface area contributed by atoms with Gasteiger partial charge in [0.25, 0.3) is 0 Å². The van der Waals surface area contributed by atoms with Crippen LogP contribution < -0.4 is 10.1 Å². The van der Waals surface area contributed by atoms with Gasteiger partial charge < -0.3 is 15.0 Å². The monoisotopic (exact) mass is 523 g/mol. The number of nitrogens with zero attached hydrogens (tertiary/aromatic N) is 4. The fourth-order valence-electron chi connectivity index (χ4n) is 4.75. The minimum absolute atomic E-state index is 0.0867. The molecular weight excluding hydrogens is 490 g/mol. The molecule has 1 aromatic heterocycles. The normalized spacial score (nSPS) is 14.2. The molecule has 0 bridgehead atoms. The van der Waals surface area contributed by atoms with E-state index >= 15 is 0 Å². The minimum atomic E-state index is -0.125. The highest BCUT2D eigenvalue weighted by atomic mass is 16.5. The lowest BCUT2D eigenvalue weighted by Crippen LogP contribution is -2.35. The van der Waals surface area contributed by atoms with Crippen LogP contribution in [0, 0.1) is 0 Å². The topological polar surface area (TPSA) is 89.4 Å². The zero-order valence-corrected chi connectivity index (χ0v) is 22.3. The van der Waals surface area contributed by atoms with Gasteiger partial charge in [0, 0.05) is 32.1 Å². The lowest BCUT2D eigenvalue weighted by atomic mass is 10.0. The maximum absolute atomic E-state index is 12.8. The molecule has 0 saturated carbocycles. The molecule has 1 aliphatic heterocycles. The van der Waals surface area contributed by atoms with Gasteiger partial charge in [-0.2, -0.15) is 0 Å². The fraction of sp³-hybridized carbons (Fsp3) is 0.290. The molecule has 8 nitrogen and oxygen atoms in total. The quantitative estimate of drug-likeness (QED) is 0.316. The Balaban J connectivity index is 1.15. The molecule has 0 spiro atoms. The van der Waals surface area contributed by atoms with Gasteiger partial charge in [0.15, 0.2) is 5.78 Å². The predicted octanol–water partition coefficient (Wildman–Crippen LogP) is 4.85. The van der Waals surface area contributed by atoms with Crippen LogP contribution in [0.3, 0.4) is 0 Å². The Morgan fingerprint density at radius 1 is 0.949 bits per heavy atom. The third-order valence-electron chi connectivity index (χ3n) is 6.89. The summed E-state index contributed by atoms with van der Waals surface area (Å²) in [6.45, 7) is 4.07. The number of anilines is 1. The van der Waals surface area contributed by atoms with E-state index in [1.54, 1.807) is 10.9 Å². The number of aromatic nitrogens is 3. The summed E-state index contributed by atoms with van der Waals surface area (Å²) in [7, 11) is 2.15. The summed E-state index contributed by atoms with van der Waals surface area (Å²) in [4.78, 5) is 26.5. The molecule has 200 valence electrons. The van der Waals surface area contributed by atoms with Crippen LogP contribution in [0.1, 0.15) is 41.4 Å². The summed E-state index contributed by atoms with van der Waals surface area (Å²) in [5, 5.41) is 11.0. The Labute approximate surface area is 228 Å². The number of ketones is 1. The van der Waals surface area contributed by atoms with Crippen molar-refractivity contribution in [1.29, 1.82) is 0 Å². The maximum atomic E-state index is 12.8. The average Bonchev–Trinajstić information content (AvgIpc) is 3.39. The minimum Gasteiger partial charge on any atom is -0.490 e. The molecule has 5 rings (SSSR count). The van der Waals surface area contributed by atoms with Crippen molar-refractivity contribution >= 4 is 17.4 Å². The van der Waals surface area contributed by atoms with Gasteiger partial charge in [0.05, 0.1) is 12.7 Å². The van der Waals surface area contributed by atoms with Crippen LogP contribution >= 0.6 is 0 Å². The first-order chi connectivity index (χ1) is 18.9. The Morgan fingerprint density at radius 3 is 2.33 bits per heavy atom. The zero-order valence-electron chi connectivity index (χ0n) is 22.3. The summed E-state index contributed by atoms with van der Waals surface area (Å²) in [6.07, 6.45) is 4.31.